The van der Waals surface area contributed by atoms with Crippen LogP contribution in [0.4, 0.5) is 5.69 Å². The first-order chi connectivity index (χ1) is 10.9. The molecule has 2 aromatic rings. The van der Waals surface area contributed by atoms with E-state index < -0.39 is 0 Å². The predicted octanol–water partition coefficient (Wildman–Crippen LogP) is 4.29. The van der Waals surface area contributed by atoms with Gasteiger partial charge >= 0.3 is 0 Å². The van der Waals surface area contributed by atoms with Crippen LogP contribution < -0.4 is 10.6 Å². The minimum Gasteiger partial charge on any atom is -0.356 e. The molecular formula is C18H26N4S. The van der Waals surface area contributed by atoms with Crippen LogP contribution in [0.1, 0.15) is 56.0 Å². The smallest absolute Gasteiger partial charge is 0.171 e. The van der Waals surface area contributed by atoms with Crippen molar-refractivity contribution in [1.29, 1.82) is 0 Å². The Morgan fingerprint density at radius 2 is 1.91 bits per heavy atom. The van der Waals surface area contributed by atoms with Gasteiger partial charge in [0.25, 0.3) is 0 Å². The molecule has 2 rings (SSSR count). The number of aryl methyl sites for hydroxylation is 1. The maximum Gasteiger partial charge on any atom is 0.171 e. The van der Waals surface area contributed by atoms with Crippen molar-refractivity contribution in [3.63, 3.8) is 0 Å². The Morgan fingerprint density at radius 1 is 1.26 bits per heavy atom. The summed E-state index contributed by atoms with van der Waals surface area (Å²) in [5, 5.41) is 11.5. The lowest BCUT2D eigenvalue weighted by Gasteiger charge is -2.17. The summed E-state index contributed by atoms with van der Waals surface area (Å²) in [5.74, 6) is 0.586. The number of aromatic nitrogens is 2. The Bertz CT molecular complexity index is 660. The molecule has 2 N–H and O–H groups in total. The molecule has 0 amide bonds. The van der Waals surface area contributed by atoms with Crippen LogP contribution in [0.15, 0.2) is 30.5 Å². The molecule has 0 saturated carbocycles. The van der Waals surface area contributed by atoms with Gasteiger partial charge in [0.15, 0.2) is 5.11 Å². The summed E-state index contributed by atoms with van der Waals surface area (Å²) in [7, 11) is 1.95. The van der Waals surface area contributed by atoms with Crippen LogP contribution in [0, 0.1) is 6.92 Å². The van der Waals surface area contributed by atoms with E-state index in [1.165, 1.54) is 5.56 Å². The zero-order valence-corrected chi connectivity index (χ0v) is 15.4. The van der Waals surface area contributed by atoms with Gasteiger partial charge in [0, 0.05) is 24.0 Å². The Balaban J connectivity index is 1.95. The molecule has 5 heteroatoms. The zero-order chi connectivity index (χ0) is 17.0. The lowest BCUT2D eigenvalue weighted by Crippen LogP contribution is -2.31. The van der Waals surface area contributed by atoms with E-state index in [-0.39, 0.29) is 6.04 Å². The van der Waals surface area contributed by atoms with Gasteiger partial charge in [-0.05, 0) is 56.1 Å². The third-order valence-electron chi connectivity index (χ3n) is 4.44. The highest BCUT2D eigenvalue weighted by atomic mass is 32.1. The molecule has 1 aromatic carbocycles. The van der Waals surface area contributed by atoms with Crippen molar-refractivity contribution in [3.8, 4) is 0 Å². The van der Waals surface area contributed by atoms with Crippen LogP contribution >= 0.6 is 12.2 Å². The summed E-state index contributed by atoms with van der Waals surface area (Å²) in [5.41, 5.74) is 4.66. The average molecular weight is 331 g/mol. The summed E-state index contributed by atoms with van der Waals surface area (Å²) in [4.78, 5) is 0. The van der Waals surface area contributed by atoms with Gasteiger partial charge in [0.2, 0.25) is 0 Å². The molecule has 0 bridgehead atoms. The van der Waals surface area contributed by atoms with E-state index in [0.717, 1.165) is 23.4 Å². The summed E-state index contributed by atoms with van der Waals surface area (Å²) < 4.78 is 1.87. The number of benzene rings is 1. The van der Waals surface area contributed by atoms with Crippen molar-refractivity contribution in [2.24, 2.45) is 7.05 Å². The zero-order valence-electron chi connectivity index (χ0n) is 14.6. The number of hydrogen-bond donors (Lipinski definition) is 2. The highest BCUT2D eigenvalue weighted by Gasteiger charge is 2.13. The van der Waals surface area contributed by atoms with Crippen molar-refractivity contribution in [1.82, 2.24) is 15.1 Å². The van der Waals surface area contributed by atoms with Crippen LogP contribution in [-0.4, -0.2) is 14.9 Å². The second kappa shape index (κ2) is 7.59. The lowest BCUT2D eigenvalue weighted by atomic mass is 9.99. The second-order valence-electron chi connectivity index (χ2n) is 6.06. The molecule has 124 valence electrons. The van der Waals surface area contributed by atoms with Gasteiger partial charge in [-0.3, -0.25) is 4.68 Å². The highest BCUT2D eigenvalue weighted by Crippen LogP contribution is 2.21. The molecule has 2 atom stereocenters. The van der Waals surface area contributed by atoms with E-state index in [9.17, 15) is 0 Å². The Hall–Kier alpha value is -1.88. The molecule has 0 fully saturated rings. The standard InChI is InChI=1S/C18H26N4S/c1-6-12(2)15-7-9-16(10-8-15)21-18(23)20-13(3)17-11-19-22(5)14(17)4/h7-13H,6H2,1-5H3,(H2,20,21,23). The minimum absolute atomic E-state index is 0.114. The third kappa shape index (κ3) is 4.32. The van der Waals surface area contributed by atoms with Crippen LogP contribution in [0.25, 0.3) is 0 Å². The van der Waals surface area contributed by atoms with Gasteiger partial charge < -0.3 is 10.6 Å². The van der Waals surface area contributed by atoms with Crippen LogP contribution in [0.3, 0.4) is 0 Å². The monoisotopic (exact) mass is 330 g/mol. The van der Waals surface area contributed by atoms with Gasteiger partial charge in [-0.15, -0.1) is 0 Å². The van der Waals surface area contributed by atoms with E-state index >= 15 is 0 Å². The number of rotatable bonds is 5. The predicted molar refractivity (Wildman–Crippen MR) is 101 cm³/mol. The summed E-state index contributed by atoms with van der Waals surface area (Å²) >= 11 is 5.42. The van der Waals surface area contributed by atoms with Gasteiger partial charge in [-0.1, -0.05) is 26.0 Å². The van der Waals surface area contributed by atoms with Crippen molar-refractivity contribution in [2.75, 3.05) is 5.32 Å². The molecule has 23 heavy (non-hydrogen) atoms. The Labute approximate surface area is 144 Å². The maximum absolute atomic E-state index is 5.42. The molecule has 1 aromatic heterocycles. The lowest BCUT2D eigenvalue weighted by molar-refractivity contribution is 0.701. The molecular weight excluding hydrogens is 304 g/mol. The SMILES string of the molecule is CCC(C)c1ccc(NC(=S)NC(C)c2cnn(C)c2C)cc1. The second-order valence-corrected chi connectivity index (χ2v) is 6.47. The third-order valence-corrected chi connectivity index (χ3v) is 4.66. The van der Waals surface area contributed by atoms with Gasteiger partial charge in [0.1, 0.15) is 0 Å². The largest absolute Gasteiger partial charge is 0.356 e. The molecule has 0 saturated heterocycles. The first kappa shape index (κ1) is 17.5. The van der Waals surface area contributed by atoms with Gasteiger partial charge in [-0.2, -0.15) is 5.10 Å². The van der Waals surface area contributed by atoms with E-state index in [4.69, 9.17) is 12.2 Å². The average Bonchev–Trinajstić information content (AvgIpc) is 2.87. The van der Waals surface area contributed by atoms with E-state index in [1.54, 1.807) is 0 Å². The van der Waals surface area contributed by atoms with Crippen molar-refractivity contribution in [2.45, 2.75) is 46.1 Å². The van der Waals surface area contributed by atoms with E-state index in [1.807, 2.05) is 17.9 Å². The van der Waals surface area contributed by atoms with Crippen molar-refractivity contribution in [3.05, 3.63) is 47.3 Å². The molecule has 0 radical (unpaired) electrons. The van der Waals surface area contributed by atoms with Gasteiger partial charge in [-0.25, -0.2) is 0 Å². The molecule has 4 nitrogen and oxygen atoms in total. The number of nitrogens with one attached hydrogen (secondary N) is 2. The fourth-order valence-electron chi connectivity index (χ4n) is 2.51. The first-order valence-corrected chi connectivity index (χ1v) is 8.49. The molecule has 0 aliphatic carbocycles. The number of thiocarbonyl (C=S) groups is 1. The molecule has 0 spiro atoms. The number of hydrogen-bond acceptors (Lipinski definition) is 2. The number of anilines is 1. The summed E-state index contributed by atoms with van der Waals surface area (Å²) in [6.07, 6.45) is 3.03. The summed E-state index contributed by atoms with van der Waals surface area (Å²) in [6, 6.07) is 8.59. The Kier molecular flexibility index (Phi) is 5.77. The highest BCUT2D eigenvalue weighted by molar-refractivity contribution is 7.80. The van der Waals surface area contributed by atoms with Crippen molar-refractivity contribution < 1.29 is 0 Å². The fourth-order valence-corrected chi connectivity index (χ4v) is 2.81. The van der Waals surface area contributed by atoms with Crippen LogP contribution in [0.2, 0.25) is 0 Å². The summed E-state index contributed by atoms with van der Waals surface area (Å²) in [6.45, 7) is 8.60. The first-order valence-electron chi connectivity index (χ1n) is 8.08. The van der Waals surface area contributed by atoms with Crippen LogP contribution in [-0.2, 0) is 7.05 Å². The molecule has 2 unspecified atom stereocenters. The molecule has 0 aliphatic rings. The fraction of sp³-hybridized carbons (Fsp3) is 0.444. The van der Waals surface area contributed by atoms with Gasteiger partial charge in [0.05, 0.1) is 12.2 Å². The van der Waals surface area contributed by atoms with E-state index in [0.29, 0.717) is 11.0 Å². The van der Waals surface area contributed by atoms with Crippen LogP contribution in [0.5, 0.6) is 0 Å². The number of nitrogens with zero attached hydrogens (tertiary/aromatic N) is 2. The normalized spacial score (nSPS) is 13.4. The minimum atomic E-state index is 0.114. The quantitative estimate of drug-likeness (QED) is 0.803. The molecule has 0 aliphatic heterocycles. The molecule has 1 heterocycles. The maximum atomic E-state index is 5.42. The Morgan fingerprint density at radius 3 is 2.43 bits per heavy atom. The van der Waals surface area contributed by atoms with E-state index in [2.05, 4.69) is 67.7 Å². The van der Waals surface area contributed by atoms with Crippen molar-refractivity contribution >= 4 is 23.0 Å². The topological polar surface area (TPSA) is 41.9 Å².